The first-order valence-corrected chi connectivity index (χ1v) is 11.0. The largest absolute Gasteiger partial charge is 0.495 e. The first-order valence-electron chi connectivity index (χ1n) is 9.51. The second-order valence-electron chi connectivity index (χ2n) is 7.19. The van der Waals surface area contributed by atoms with E-state index in [1.165, 1.54) is 11.4 Å². The van der Waals surface area contributed by atoms with Crippen LogP contribution in [-0.2, 0) is 14.8 Å². The van der Waals surface area contributed by atoms with E-state index in [4.69, 9.17) is 4.74 Å². The van der Waals surface area contributed by atoms with E-state index >= 15 is 0 Å². The summed E-state index contributed by atoms with van der Waals surface area (Å²) >= 11 is 0. The van der Waals surface area contributed by atoms with Crippen LogP contribution in [0.4, 0.5) is 5.69 Å². The molecule has 0 aromatic heterocycles. The zero-order valence-electron chi connectivity index (χ0n) is 17.0. The molecule has 8 heteroatoms. The van der Waals surface area contributed by atoms with E-state index < -0.39 is 10.0 Å². The van der Waals surface area contributed by atoms with Crippen LogP contribution < -0.4 is 9.04 Å². The molecular weight excluding hydrogens is 390 g/mol. The number of aryl methyl sites for hydroxylation is 1. The molecule has 0 N–H and O–H groups in total. The minimum Gasteiger partial charge on any atom is -0.495 e. The Hall–Kier alpha value is -2.58. The van der Waals surface area contributed by atoms with Crippen LogP contribution in [-0.4, -0.2) is 71.0 Å². The number of carbonyl (C=O) groups is 1. The van der Waals surface area contributed by atoms with Crippen LogP contribution >= 0.6 is 0 Å². The summed E-state index contributed by atoms with van der Waals surface area (Å²) in [4.78, 5) is 16.9. The van der Waals surface area contributed by atoms with Crippen molar-refractivity contribution in [1.29, 1.82) is 0 Å². The Kier molecular flexibility index (Phi) is 6.44. The molecular formula is C21H27N3O4S. The van der Waals surface area contributed by atoms with E-state index in [-0.39, 0.29) is 23.1 Å². The lowest BCUT2D eigenvalue weighted by molar-refractivity contribution is -0.131. The zero-order valence-corrected chi connectivity index (χ0v) is 17.9. The molecule has 0 spiro atoms. The maximum Gasteiger partial charge on any atom is 0.268 e. The number of sulfonamides is 1. The molecule has 0 unspecified atom stereocenters. The monoisotopic (exact) mass is 417 g/mol. The molecule has 0 bridgehead atoms. The predicted molar refractivity (Wildman–Crippen MR) is 113 cm³/mol. The fraction of sp³-hybridized carbons (Fsp3) is 0.381. The van der Waals surface area contributed by atoms with Gasteiger partial charge in [0.15, 0.2) is 0 Å². The molecule has 1 fully saturated rings. The van der Waals surface area contributed by atoms with Crippen molar-refractivity contribution >= 4 is 21.6 Å². The molecule has 156 valence electrons. The zero-order chi connectivity index (χ0) is 21.0. The average Bonchev–Trinajstić information content (AvgIpc) is 2.72. The van der Waals surface area contributed by atoms with Crippen molar-refractivity contribution in [2.24, 2.45) is 0 Å². The van der Waals surface area contributed by atoms with Crippen molar-refractivity contribution in [3.05, 3.63) is 54.1 Å². The smallest absolute Gasteiger partial charge is 0.268 e. The fourth-order valence-electron chi connectivity index (χ4n) is 3.29. The van der Waals surface area contributed by atoms with Crippen LogP contribution in [0.25, 0.3) is 0 Å². The number of benzene rings is 2. The van der Waals surface area contributed by atoms with Crippen molar-refractivity contribution < 1.29 is 17.9 Å². The summed E-state index contributed by atoms with van der Waals surface area (Å²) in [6.45, 7) is 4.29. The Bertz CT molecular complexity index is 955. The van der Waals surface area contributed by atoms with Crippen LogP contribution in [0.15, 0.2) is 53.4 Å². The Morgan fingerprint density at radius 3 is 2.34 bits per heavy atom. The summed E-state index contributed by atoms with van der Waals surface area (Å²) in [6, 6.07) is 13.7. The predicted octanol–water partition coefficient (Wildman–Crippen LogP) is 1.97. The molecule has 2 aromatic rings. The van der Waals surface area contributed by atoms with Gasteiger partial charge in [0, 0.05) is 26.2 Å². The van der Waals surface area contributed by atoms with E-state index in [1.54, 1.807) is 47.4 Å². The molecule has 1 saturated heterocycles. The summed E-state index contributed by atoms with van der Waals surface area (Å²) in [5, 5.41) is 0. The van der Waals surface area contributed by atoms with Gasteiger partial charge in [0.05, 0.1) is 12.8 Å². The SMILES string of the molecule is COc1ccc(C)cc1S(=O)(=O)N(CC(=O)N1CCN(C)CC1)c1ccccc1. The lowest BCUT2D eigenvalue weighted by Gasteiger charge is -2.34. The lowest BCUT2D eigenvalue weighted by atomic mass is 10.2. The number of methoxy groups -OCH3 is 1. The van der Waals surface area contributed by atoms with Crippen molar-refractivity contribution in [1.82, 2.24) is 9.80 Å². The molecule has 29 heavy (non-hydrogen) atoms. The van der Waals surface area contributed by atoms with Gasteiger partial charge < -0.3 is 14.5 Å². The Morgan fingerprint density at radius 2 is 1.72 bits per heavy atom. The Morgan fingerprint density at radius 1 is 1.07 bits per heavy atom. The summed E-state index contributed by atoms with van der Waals surface area (Å²) in [5.74, 6) is 0.0423. The number of hydrogen-bond donors (Lipinski definition) is 0. The van der Waals surface area contributed by atoms with Gasteiger partial charge in [-0.2, -0.15) is 0 Å². The van der Waals surface area contributed by atoms with Crippen LogP contribution in [0.5, 0.6) is 5.75 Å². The topological polar surface area (TPSA) is 70.2 Å². The highest BCUT2D eigenvalue weighted by atomic mass is 32.2. The molecule has 0 aliphatic carbocycles. The quantitative estimate of drug-likeness (QED) is 0.719. The molecule has 7 nitrogen and oxygen atoms in total. The third kappa shape index (κ3) is 4.71. The third-order valence-corrected chi connectivity index (χ3v) is 6.86. The van der Waals surface area contributed by atoms with Gasteiger partial charge in [-0.05, 0) is 43.8 Å². The second-order valence-corrected chi connectivity index (χ2v) is 9.02. The maximum absolute atomic E-state index is 13.6. The van der Waals surface area contributed by atoms with Crippen molar-refractivity contribution in [3.63, 3.8) is 0 Å². The van der Waals surface area contributed by atoms with Gasteiger partial charge >= 0.3 is 0 Å². The minimum absolute atomic E-state index is 0.0510. The van der Waals surface area contributed by atoms with Gasteiger partial charge in [0.25, 0.3) is 10.0 Å². The van der Waals surface area contributed by atoms with E-state index in [9.17, 15) is 13.2 Å². The highest BCUT2D eigenvalue weighted by molar-refractivity contribution is 7.93. The molecule has 0 saturated carbocycles. The van der Waals surface area contributed by atoms with Gasteiger partial charge in [-0.25, -0.2) is 8.42 Å². The highest BCUT2D eigenvalue weighted by Crippen LogP contribution is 2.30. The minimum atomic E-state index is -4.01. The van der Waals surface area contributed by atoms with Crippen molar-refractivity contribution in [2.75, 3.05) is 51.2 Å². The lowest BCUT2D eigenvalue weighted by Crippen LogP contribution is -2.50. The number of nitrogens with zero attached hydrogens (tertiary/aromatic N) is 3. The van der Waals surface area contributed by atoms with Crippen LogP contribution in [0.3, 0.4) is 0 Å². The first-order chi connectivity index (χ1) is 13.8. The second kappa shape index (κ2) is 8.84. The first kappa shape index (κ1) is 21.1. The standard InChI is InChI=1S/C21H27N3O4S/c1-17-9-10-19(28-3)20(15-17)29(26,27)24(18-7-5-4-6-8-18)16-21(25)23-13-11-22(2)12-14-23/h4-10,15H,11-14,16H2,1-3H3. The summed E-state index contributed by atoms with van der Waals surface area (Å²) in [7, 11) is -0.571. The van der Waals surface area contributed by atoms with Gasteiger partial charge in [0.2, 0.25) is 5.91 Å². The molecule has 1 amide bonds. The summed E-state index contributed by atoms with van der Waals surface area (Å²) in [5.41, 5.74) is 1.24. The highest BCUT2D eigenvalue weighted by Gasteiger charge is 2.32. The fourth-order valence-corrected chi connectivity index (χ4v) is 4.95. The number of para-hydroxylation sites is 1. The van der Waals surface area contributed by atoms with E-state index in [1.807, 2.05) is 20.0 Å². The Balaban J connectivity index is 1.98. The van der Waals surface area contributed by atoms with Gasteiger partial charge in [-0.1, -0.05) is 24.3 Å². The van der Waals surface area contributed by atoms with E-state index in [0.717, 1.165) is 18.7 Å². The number of piperazine rings is 1. The van der Waals surface area contributed by atoms with Gasteiger partial charge in [0.1, 0.15) is 17.2 Å². The number of hydrogen-bond acceptors (Lipinski definition) is 5. The van der Waals surface area contributed by atoms with Crippen molar-refractivity contribution in [3.8, 4) is 5.75 Å². The third-order valence-electron chi connectivity index (χ3n) is 5.07. The normalized spacial score (nSPS) is 15.2. The van der Waals surface area contributed by atoms with Crippen LogP contribution in [0.1, 0.15) is 5.56 Å². The number of carbonyl (C=O) groups excluding carboxylic acids is 1. The number of amides is 1. The summed E-state index contributed by atoms with van der Waals surface area (Å²) < 4.78 is 33.7. The number of likely N-dealkylation sites (N-methyl/N-ethyl adjacent to an activating group) is 1. The molecule has 1 heterocycles. The Labute approximate surface area is 172 Å². The molecule has 0 radical (unpaired) electrons. The molecule has 0 atom stereocenters. The average molecular weight is 418 g/mol. The van der Waals surface area contributed by atoms with Gasteiger partial charge in [-0.3, -0.25) is 9.10 Å². The molecule has 2 aromatic carbocycles. The van der Waals surface area contributed by atoms with Gasteiger partial charge in [-0.15, -0.1) is 0 Å². The van der Waals surface area contributed by atoms with Crippen molar-refractivity contribution in [2.45, 2.75) is 11.8 Å². The van der Waals surface area contributed by atoms with E-state index in [2.05, 4.69) is 4.90 Å². The number of ether oxygens (including phenoxy) is 1. The molecule has 1 aliphatic heterocycles. The van der Waals surface area contributed by atoms with Crippen LogP contribution in [0, 0.1) is 6.92 Å². The summed E-state index contributed by atoms with van der Waals surface area (Å²) in [6.07, 6.45) is 0. The maximum atomic E-state index is 13.6. The van der Waals surface area contributed by atoms with Crippen LogP contribution in [0.2, 0.25) is 0 Å². The molecule has 1 aliphatic rings. The number of rotatable bonds is 6. The molecule has 3 rings (SSSR count). The number of anilines is 1. The van der Waals surface area contributed by atoms with E-state index in [0.29, 0.717) is 18.8 Å².